The summed E-state index contributed by atoms with van der Waals surface area (Å²) in [5.74, 6) is -4.94. The number of esters is 3. The highest BCUT2D eigenvalue weighted by molar-refractivity contribution is 8.01. The fourth-order valence-corrected chi connectivity index (χ4v) is 6.90. The maximum absolute atomic E-state index is 13.9. The Hall–Kier alpha value is -6.98. The number of amides is 3. The zero-order valence-electron chi connectivity index (χ0n) is 30.8. The van der Waals surface area contributed by atoms with Gasteiger partial charge in [-0.1, -0.05) is 60.7 Å². The number of β-lactam (4-membered cyclic amide) rings is 1. The number of alkyl carbamates (subject to hydrolysis) is 1. The summed E-state index contributed by atoms with van der Waals surface area (Å²) >= 11 is 0. The molecular formula is C38H35N5O13S. The molecule has 2 aliphatic rings. The van der Waals surface area contributed by atoms with Gasteiger partial charge in [0, 0.05) is 0 Å². The van der Waals surface area contributed by atoms with Crippen LogP contribution < -0.4 is 15.4 Å². The quantitative estimate of drug-likeness (QED) is 0.0413. The van der Waals surface area contributed by atoms with Crippen molar-refractivity contribution < 1.29 is 66.2 Å². The number of rotatable bonds is 11. The predicted octanol–water partition coefficient (Wildman–Crippen LogP) is 3.42. The van der Waals surface area contributed by atoms with Crippen molar-refractivity contribution in [2.75, 3.05) is 6.79 Å². The molecular weight excluding hydrogens is 767 g/mol. The third-order valence-corrected chi connectivity index (χ3v) is 9.97. The van der Waals surface area contributed by atoms with Crippen LogP contribution in [0, 0.1) is 5.41 Å². The van der Waals surface area contributed by atoms with Crippen LogP contribution in [-0.2, 0) is 55.5 Å². The van der Waals surface area contributed by atoms with Crippen molar-refractivity contribution in [3.05, 3.63) is 118 Å². The molecule has 0 spiro atoms. The molecule has 2 aliphatic heterocycles. The summed E-state index contributed by atoms with van der Waals surface area (Å²) in [7, 11) is -2.32. The lowest BCUT2D eigenvalue weighted by Gasteiger charge is -2.47. The van der Waals surface area contributed by atoms with E-state index >= 15 is 0 Å². The monoisotopic (exact) mass is 801 g/mol. The van der Waals surface area contributed by atoms with E-state index in [-0.39, 0.29) is 29.1 Å². The van der Waals surface area contributed by atoms with Gasteiger partial charge in [0.15, 0.2) is 16.2 Å². The van der Waals surface area contributed by atoms with Crippen molar-refractivity contribution in [3.8, 4) is 5.75 Å². The van der Waals surface area contributed by atoms with Crippen LogP contribution in [0.1, 0.15) is 55.2 Å². The lowest BCUT2D eigenvalue weighted by atomic mass is 9.98. The zero-order valence-corrected chi connectivity index (χ0v) is 31.6. The van der Waals surface area contributed by atoms with Gasteiger partial charge in [-0.15, -0.1) is 0 Å². The molecule has 4 atom stereocenters. The Morgan fingerprint density at radius 1 is 0.877 bits per heavy atom. The molecule has 3 unspecified atom stereocenters. The van der Waals surface area contributed by atoms with Crippen molar-refractivity contribution in [1.29, 1.82) is 0 Å². The molecule has 3 amide bonds. The van der Waals surface area contributed by atoms with Crippen LogP contribution in [-0.4, -0.2) is 79.1 Å². The Labute approximate surface area is 327 Å². The van der Waals surface area contributed by atoms with Gasteiger partial charge in [-0.25, -0.2) is 23.4 Å². The number of nitrogens with zero attached hydrogens (tertiary/aromatic N) is 3. The molecule has 19 heteroatoms. The average molecular weight is 802 g/mol. The number of carbonyl (C=O) groups excluding carboxylic acids is 7. The Bertz CT molecular complexity index is 2200. The second-order valence-corrected chi connectivity index (χ2v) is 14.8. The highest BCUT2D eigenvalue weighted by atomic mass is 32.2. The molecule has 0 bridgehead atoms. The van der Waals surface area contributed by atoms with Gasteiger partial charge in [0.25, 0.3) is 5.91 Å². The largest absolute Gasteiger partial charge is 0.514 e. The van der Waals surface area contributed by atoms with Gasteiger partial charge in [-0.05, 0) is 63.1 Å². The summed E-state index contributed by atoms with van der Waals surface area (Å²) in [5, 5.41) is 2.66. The van der Waals surface area contributed by atoms with E-state index in [4.69, 9.17) is 23.7 Å². The Morgan fingerprint density at radius 2 is 1.51 bits per heavy atom. The molecule has 0 aromatic heterocycles. The fourth-order valence-electron chi connectivity index (χ4n) is 5.36. The summed E-state index contributed by atoms with van der Waals surface area (Å²) in [6.07, 6.45) is -2.39. The summed E-state index contributed by atoms with van der Waals surface area (Å²) in [5.41, 5.74) is 8.90. The van der Waals surface area contributed by atoms with Crippen LogP contribution in [0.5, 0.6) is 5.75 Å². The molecule has 3 aromatic rings. The molecule has 1 saturated heterocycles. The molecule has 5 rings (SSSR count). The van der Waals surface area contributed by atoms with E-state index in [0.717, 1.165) is 4.90 Å². The van der Waals surface area contributed by atoms with Crippen molar-refractivity contribution in [3.63, 3.8) is 0 Å². The summed E-state index contributed by atoms with van der Waals surface area (Å²) in [6, 6.07) is 18.2. The van der Waals surface area contributed by atoms with E-state index in [9.17, 15) is 43.3 Å². The van der Waals surface area contributed by atoms with E-state index in [0.29, 0.717) is 5.56 Å². The maximum atomic E-state index is 13.9. The zero-order chi connectivity index (χ0) is 41.4. The minimum absolute atomic E-state index is 0.00854. The first-order valence-corrected chi connectivity index (χ1v) is 18.2. The third-order valence-electron chi connectivity index (χ3n) is 8.28. The summed E-state index contributed by atoms with van der Waals surface area (Å²) in [6.45, 7) is 5.08. The lowest BCUT2D eigenvalue weighted by Crippen LogP contribution is -2.74. The third kappa shape index (κ3) is 9.64. The van der Waals surface area contributed by atoms with Crippen LogP contribution in [0.15, 0.2) is 96.2 Å². The van der Waals surface area contributed by atoms with Gasteiger partial charge in [0.1, 0.15) is 30.1 Å². The number of fused-ring (bicyclic) bond motifs is 1. The van der Waals surface area contributed by atoms with Gasteiger partial charge >= 0.3 is 35.2 Å². The van der Waals surface area contributed by atoms with Crippen LogP contribution in [0.4, 0.5) is 9.59 Å². The molecule has 3 aromatic carbocycles. The first-order valence-electron chi connectivity index (χ1n) is 17.0. The molecule has 0 aliphatic carbocycles. The number of hydrogen-bond donors (Lipinski definition) is 2. The van der Waals surface area contributed by atoms with E-state index in [1.165, 1.54) is 55.5 Å². The maximum Gasteiger partial charge on any atom is 0.514 e. The van der Waals surface area contributed by atoms with E-state index < -0.39 is 93.2 Å². The minimum atomic E-state index is -2.32. The van der Waals surface area contributed by atoms with E-state index in [1.807, 2.05) is 0 Å². The second-order valence-electron chi connectivity index (χ2n) is 13.3. The molecule has 0 saturated carbocycles. The van der Waals surface area contributed by atoms with Crippen molar-refractivity contribution in [2.24, 2.45) is 5.41 Å². The highest BCUT2D eigenvalue weighted by Crippen LogP contribution is 2.36. The number of benzene rings is 3. The molecule has 296 valence electrons. The lowest BCUT2D eigenvalue weighted by molar-refractivity contribution is -0.173. The van der Waals surface area contributed by atoms with Crippen LogP contribution >= 0.6 is 0 Å². The molecule has 1 fully saturated rings. The van der Waals surface area contributed by atoms with Gasteiger partial charge in [-0.3, -0.25) is 19.3 Å². The number of carbonyl (C=O) groups is 7. The Kier molecular flexibility index (Phi) is 12.8. The topological polar surface area (TPSA) is 246 Å². The van der Waals surface area contributed by atoms with Gasteiger partial charge in [0.05, 0.1) is 16.6 Å². The molecule has 18 nitrogen and oxygen atoms in total. The molecule has 2 heterocycles. The first kappa shape index (κ1) is 41.2. The molecule has 0 radical (unpaired) electrons. The average Bonchev–Trinajstić information content (AvgIpc) is 3.18. The highest BCUT2D eigenvalue weighted by Gasteiger charge is 2.61. The minimum Gasteiger partial charge on any atom is -0.429 e. The van der Waals surface area contributed by atoms with Gasteiger partial charge in [-0.2, -0.15) is 4.79 Å². The normalized spacial score (nSPS) is 17.8. The SMILES string of the molecule is CC1=C(C(=O)OCOC(=O)C(C)(C)C)N2C(=O)C(NC(=O)C(NC(=O)OC(=O)c3ccccc3)c3ccc(OC(=O)OCc4ccccc4)cc3)[C@@H]2S(=O)C1=[N+]=[N-]. The number of hydrogen-bond acceptors (Lipinski definition) is 13. The van der Waals surface area contributed by atoms with Crippen molar-refractivity contribution in [2.45, 2.75) is 51.8 Å². The van der Waals surface area contributed by atoms with Gasteiger partial charge in [0.2, 0.25) is 12.7 Å². The number of nitrogens with one attached hydrogen (secondary N) is 2. The van der Waals surface area contributed by atoms with Crippen molar-refractivity contribution >= 4 is 57.8 Å². The Balaban J connectivity index is 1.33. The summed E-state index contributed by atoms with van der Waals surface area (Å²) in [4.78, 5) is 94.4. The fraction of sp³-hybridized carbons (Fsp3) is 0.263. The van der Waals surface area contributed by atoms with Crippen LogP contribution in [0.3, 0.4) is 0 Å². The van der Waals surface area contributed by atoms with Gasteiger partial charge < -0.3 is 39.8 Å². The molecule has 2 N–H and O–H groups in total. The predicted molar refractivity (Wildman–Crippen MR) is 195 cm³/mol. The van der Waals surface area contributed by atoms with Crippen LogP contribution in [0.25, 0.3) is 5.53 Å². The number of ether oxygens (including phenoxy) is 5. The van der Waals surface area contributed by atoms with E-state index in [2.05, 4.69) is 15.4 Å². The summed E-state index contributed by atoms with van der Waals surface area (Å²) < 4.78 is 38.7. The standard InChI is InChI=1S/C38H35N5O13S/c1-21-28(34(47)53-20-54-35(48)38(2,3)4)43-31(45)27(32(43)57(51)30(21)42-39)40-29(44)26(41-36(49)56-33(46)24-13-9-6-10-14-24)23-15-17-25(18-16-23)55-37(50)52-19-22-11-7-5-8-12-22/h5-18,26-27,32H,19-20H2,1-4H3,(H,40,44)(H,41,49)/t26?,27?,32-,57?/m0/s1. The second kappa shape index (κ2) is 17.7. The molecule has 57 heavy (non-hydrogen) atoms. The Morgan fingerprint density at radius 3 is 2.12 bits per heavy atom. The van der Waals surface area contributed by atoms with Crippen LogP contribution in [0.2, 0.25) is 0 Å². The van der Waals surface area contributed by atoms with E-state index in [1.54, 1.807) is 57.2 Å². The smallest absolute Gasteiger partial charge is 0.429 e. The first-order chi connectivity index (χ1) is 27.1. The van der Waals surface area contributed by atoms with Crippen molar-refractivity contribution in [1.82, 2.24) is 15.5 Å².